The van der Waals surface area contributed by atoms with E-state index in [1.54, 1.807) is 21.9 Å². The third-order valence-electron chi connectivity index (χ3n) is 44.7. The first-order chi connectivity index (χ1) is 64.0. The van der Waals surface area contributed by atoms with Crippen molar-refractivity contribution in [2.45, 2.75) is 384 Å². The molecule has 0 spiro atoms. The molecular weight excluding hydrogens is 1680 g/mol. The molecule has 4 N–H and O–H groups in total. The summed E-state index contributed by atoms with van der Waals surface area (Å²) in [6, 6.07) is 18.4. The third kappa shape index (κ3) is 16.3. The summed E-state index contributed by atoms with van der Waals surface area (Å²) in [5.41, 5.74) is 10.3. The van der Waals surface area contributed by atoms with Crippen LogP contribution in [0.3, 0.4) is 0 Å². The van der Waals surface area contributed by atoms with Crippen molar-refractivity contribution in [2.75, 3.05) is 0 Å². The molecule has 5 aromatic heterocycles. The predicted octanol–water partition coefficient (Wildman–Crippen LogP) is 22.0. The SMILES string of the molecule is C[C@@]1(O)CC[C@@]2(C)[C@@H](CC[C@@H]3[C@@H]2CC[C@]2(C)[C@@H](C(=O)Cn4cc5nccnc5n4)CC[C@@H]32)C1.Cc1ccc2c(c1)nnn2CC(=O)[C@H]1CC[C@H]2[C@@H]3CC[C@H]4C[C@](C)(O)CC[C@]4(C)[C@H]3CC[C@]12C.Cc1ccc2nn(CC(=O)[C@H]3CC[C@H]4[C@@H]5CC[C@H]6C[C@](C)(O)CC[C@]6(C)[C@H]5CC[C@]34C)nc2c1.Cc1ccc2nnn(CC(=O)[C@H]3CC[C@H]4[C@@H]5CC[C@H]6C[C@](C)(O)CC[C@]6(C)[C@H]5CC[C@]34C)c2c1. The van der Waals surface area contributed by atoms with Gasteiger partial charge in [0.15, 0.2) is 28.8 Å². The summed E-state index contributed by atoms with van der Waals surface area (Å²) in [5, 5.41) is 73.9. The van der Waals surface area contributed by atoms with Gasteiger partial charge in [0.1, 0.15) is 47.2 Å². The summed E-state index contributed by atoms with van der Waals surface area (Å²) in [5.74, 6) is 13.2. The van der Waals surface area contributed by atoms with Gasteiger partial charge in [0, 0.05) is 36.1 Å². The number of rotatable bonds is 12. The first kappa shape index (κ1) is 94.2. The van der Waals surface area contributed by atoms with Gasteiger partial charge < -0.3 is 20.4 Å². The van der Waals surface area contributed by atoms with Crippen molar-refractivity contribution in [3.8, 4) is 0 Å². The summed E-state index contributed by atoms with van der Waals surface area (Å²) in [6.07, 6.45) is 46.2. The lowest BCUT2D eigenvalue weighted by Crippen LogP contribution is -2.55. The van der Waals surface area contributed by atoms with Crippen LogP contribution in [0.4, 0.5) is 0 Å². The van der Waals surface area contributed by atoms with Crippen molar-refractivity contribution in [3.63, 3.8) is 0 Å². The molecule has 32 atom stereocenters. The van der Waals surface area contributed by atoms with E-state index in [1.807, 2.05) is 85.7 Å². The average Bonchev–Trinajstić information content (AvgIpc) is 1.66. The average molecular weight is 1840 g/mol. The van der Waals surface area contributed by atoms with E-state index in [0.717, 1.165) is 195 Å². The number of Topliss-reactive ketones (excluding diaryl/α,β-unsaturated/α-hetero) is 4. The van der Waals surface area contributed by atoms with Gasteiger partial charge in [-0.2, -0.15) is 20.1 Å². The number of carbonyl (C=O) groups excluding carboxylic acids is 4. The summed E-state index contributed by atoms with van der Waals surface area (Å²) in [6.45, 7) is 35.6. The molecule has 16 aliphatic carbocycles. The van der Waals surface area contributed by atoms with Gasteiger partial charge in [-0.25, -0.2) is 19.3 Å². The number of benzene rings is 3. The standard InChI is InChI=1S/3C29H41N3O2.C27H38N4O2/c1-18-5-10-25-24(15-18)30-31-32(25)17-26(33)23-9-8-21-20-7-6-19-16-27(2,34)13-14-28(19,3)22(20)11-12-29(21,23)4;1-18-5-10-24-25(15-18)32(31-30-24)17-26(33)23-9-8-21-20-7-6-19-16-27(2,34)13-14-28(19,3)22(20)11-12-29(21,23)4;1-18-5-10-24-25(15-18)31-32(30-24)17-26(33)23-9-8-21-20-7-6-19-16-27(2,34)13-14-28(19,3)22(20)11-12-29(21,23)4;1-25(33)10-11-26(2)17(14-25)4-5-18-19-6-7-21(27(19,3)9-8-20(18)26)23(32)16-31-15-22-24(30-31)29-13-12-28-22/h3*5,10,15,19-23,34H,6-9,11-14,16-17H2,1-4H3;12-13,15,17-21,33H,4-11,14,16H2,1-3H3/t3*19-,20-,21-,22-,23+,27+,28-,29-;17-,18-,19-,20-,21+,25+,26-,27-/m0000/s1. The summed E-state index contributed by atoms with van der Waals surface area (Å²) in [7, 11) is 0. The second-order valence-corrected chi connectivity index (χ2v) is 52.3. The smallest absolute Gasteiger partial charge is 0.199 e. The Morgan fingerprint density at radius 3 is 1.05 bits per heavy atom. The lowest BCUT2D eigenvalue weighted by molar-refractivity contribution is -0.151. The Labute approximate surface area is 802 Å². The molecule has 0 saturated heterocycles. The van der Waals surface area contributed by atoms with E-state index in [-0.39, 0.29) is 45.3 Å². The predicted molar refractivity (Wildman–Crippen MR) is 526 cm³/mol. The molecule has 0 bridgehead atoms. The highest BCUT2D eigenvalue weighted by molar-refractivity contribution is 5.86. The van der Waals surface area contributed by atoms with E-state index >= 15 is 0 Å². The minimum absolute atomic E-state index is 0.116. The summed E-state index contributed by atoms with van der Waals surface area (Å²) >= 11 is 0. The Bertz CT molecular complexity index is 5790. The topological polar surface area (TPSA) is 285 Å². The van der Waals surface area contributed by atoms with Gasteiger partial charge in [-0.1, -0.05) is 84.0 Å². The Hall–Kier alpha value is -7.07. The van der Waals surface area contributed by atoms with E-state index in [2.05, 4.69) is 134 Å². The zero-order valence-electron chi connectivity index (χ0n) is 84.5. The van der Waals surface area contributed by atoms with E-state index in [0.29, 0.717) is 124 Å². The number of hydrogen-bond donors (Lipinski definition) is 4. The van der Waals surface area contributed by atoms with Crippen LogP contribution in [0.15, 0.2) is 73.2 Å². The molecule has 16 aliphatic rings. The normalized spacial score (nSPS) is 44.1. The van der Waals surface area contributed by atoms with Crippen LogP contribution in [0.1, 0.15) is 331 Å². The highest BCUT2D eigenvalue weighted by Gasteiger charge is 2.68. The number of hydrogen-bond acceptors (Lipinski definition) is 17. The van der Waals surface area contributed by atoms with Crippen LogP contribution in [-0.2, 0) is 45.4 Å². The minimum Gasteiger partial charge on any atom is -0.390 e. The van der Waals surface area contributed by atoms with Gasteiger partial charge >= 0.3 is 0 Å². The molecule has 0 unspecified atom stereocenters. The fourth-order valence-electron chi connectivity index (χ4n) is 37.3. The maximum absolute atomic E-state index is 13.7. The van der Waals surface area contributed by atoms with Crippen molar-refractivity contribution in [2.24, 2.45) is 162 Å². The second-order valence-electron chi connectivity index (χ2n) is 52.3. The van der Waals surface area contributed by atoms with Crippen molar-refractivity contribution >= 4 is 67.4 Å². The van der Waals surface area contributed by atoms with E-state index in [9.17, 15) is 39.6 Å². The van der Waals surface area contributed by atoms with E-state index in [4.69, 9.17) is 0 Å². The van der Waals surface area contributed by atoms with Gasteiger partial charge in [0.05, 0.1) is 46.2 Å². The maximum atomic E-state index is 13.7. The first-order valence-corrected chi connectivity index (χ1v) is 54.1. The third-order valence-corrected chi connectivity index (χ3v) is 44.7. The first-order valence-electron chi connectivity index (χ1n) is 54.1. The molecule has 3 aromatic carbocycles. The second kappa shape index (κ2) is 34.1. The van der Waals surface area contributed by atoms with Crippen LogP contribution in [-0.4, -0.2) is 131 Å². The molecule has 135 heavy (non-hydrogen) atoms. The Balaban J connectivity index is 0.000000108. The van der Waals surface area contributed by atoms with Gasteiger partial charge in [-0.15, -0.1) is 10.2 Å². The molecule has 0 aliphatic heterocycles. The number of ketones is 4. The molecule has 21 heteroatoms. The van der Waals surface area contributed by atoms with Crippen LogP contribution in [0, 0.1) is 182 Å². The highest BCUT2D eigenvalue weighted by Crippen LogP contribution is 2.74. The fraction of sp³-hybridized carbons (Fsp3) is 0.763. The summed E-state index contributed by atoms with van der Waals surface area (Å²) in [4.78, 5) is 64.8. The van der Waals surface area contributed by atoms with Crippen LogP contribution in [0.25, 0.3) is 44.3 Å². The quantitative estimate of drug-likeness (QED) is 0.0884. The molecule has 8 aromatic rings. The van der Waals surface area contributed by atoms with Crippen molar-refractivity contribution < 1.29 is 39.6 Å². The van der Waals surface area contributed by atoms with Gasteiger partial charge in [0.2, 0.25) is 0 Å². The van der Waals surface area contributed by atoms with Crippen LogP contribution < -0.4 is 0 Å². The fourth-order valence-corrected chi connectivity index (χ4v) is 37.3. The molecule has 730 valence electrons. The van der Waals surface area contributed by atoms with Gasteiger partial charge in [-0.3, -0.25) is 23.9 Å². The number of fused-ring (bicyclic) bond motifs is 24. The number of carbonyl (C=O) groups is 4. The Morgan fingerprint density at radius 1 is 0.311 bits per heavy atom. The lowest BCUT2D eigenvalue weighted by atomic mass is 9.44. The lowest BCUT2D eigenvalue weighted by Gasteiger charge is -2.61. The maximum Gasteiger partial charge on any atom is 0.199 e. The zero-order chi connectivity index (χ0) is 94.7. The van der Waals surface area contributed by atoms with Gasteiger partial charge in [-0.05, 0) is 471 Å². The van der Waals surface area contributed by atoms with Crippen LogP contribution in [0.2, 0.25) is 0 Å². The largest absolute Gasteiger partial charge is 0.390 e. The van der Waals surface area contributed by atoms with E-state index < -0.39 is 22.4 Å². The molecule has 0 amide bonds. The number of aryl methyl sites for hydroxylation is 3. The number of aliphatic hydroxyl groups is 4. The number of aromatic nitrogens is 13. The number of nitrogens with zero attached hydrogens (tertiary/aromatic N) is 13. The van der Waals surface area contributed by atoms with Crippen LogP contribution in [0.5, 0.6) is 0 Å². The van der Waals surface area contributed by atoms with Crippen molar-refractivity contribution in [3.05, 3.63) is 89.9 Å². The molecule has 16 saturated carbocycles. The molecule has 16 fully saturated rings. The Morgan fingerprint density at radius 2 is 0.644 bits per heavy atom. The monoisotopic (exact) mass is 1840 g/mol. The summed E-state index contributed by atoms with van der Waals surface area (Å²) < 4.78 is 5.39. The zero-order valence-corrected chi connectivity index (χ0v) is 84.5. The van der Waals surface area contributed by atoms with Crippen molar-refractivity contribution in [1.82, 2.24) is 64.7 Å². The highest BCUT2D eigenvalue weighted by atomic mass is 16.3. The molecule has 5 heterocycles. The van der Waals surface area contributed by atoms with Crippen LogP contribution >= 0.6 is 0 Å². The van der Waals surface area contributed by atoms with E-state index in [1.165, 1.54) is 139 Å². The molecular formula is C114H161N13O8. The van der Waals surface area contributed by atoms with Crippen molar-refractivity contribution in [1.29, 1.82) is 0 Å². The molecule has 24 rings (SSSR count). The molecule has 0 radical (unpaired) electrons. The van der Waals surface area contributed by atoms with Gasteiger partial charge in [0.25, 0.3) is 0 Å². The Kier molecular flexibility index (Phi) is 23.8. The molecule has 21 nitrogen and oxygen atoms in total. The minimum atomic E-state index is -0.479.